The van der Waals surface area contributed by atoms with Crippen LogP contribution in [-0.2, 0) is 14.3 Å². The lowest BCUT2D eigenvalue weighted by molar-refractivity contribution is -0.133. The summed E-state index contributed by atoms with van der Waals surface area (Å²) < 4.78 is 5.04. The van der Waals surface area contributed by atoms with Crippen LogP contribution in [0.2, 0.25) is 0 Å². The molecule has 2 aliphatic carbocycles. The van der Waals surface area contributed by atoms with Gasteiger partial charge in [0.2, 0.25) is 17.4 Å². The van der Waals surface area contributed by atoms with Crippen LogP contribution in [0.15, 0.2) is 46.4 Å². The number of carbonyl (C=O) groups is 2. The van der Waals surface area contributed by atoms with Crippen LogP contribution in [0.1, 0.15) is 51.5 Å². The molecule has 0 spiro atoms. The van der Waals surface area contributed by atoms with E-state index in [2.05, 4.69) is 36.4 Å². The smallest absolute Gasteiger partial charge is 0.250 e. The highest BCUT2D eigenvalue weighted by Gasteiger charge is 2.34. The number of nitrogens with one attached hydrogen (secondary N) is 1. The second-order valence-corrected chi connectivity index (χ2v) is 10.3. The van der Waals surface area contributed by atoms with Crippen molar-refractivity contribution in [1.82, 2.24) is 14.8 Å². The van der Waals surface area contributed by atoms with Crippen molar-refractivity contribution < 1.29 is 14.3 Å². The number of piperazine rings is 1. The predicted octanol–water partition coefficient (Wildman–Crippen LogP) is 3.32. The molecule has 8 nitrogen and oxygen atoms in total. The molecule has 194 valence electrons. The van der Waals surface area contributed by atoms with E-state index >= 15 is 0 Å². The van der Waals surface area contributed by atoms with Crippen molar-refractivity contribution in [2.45, 2.75) is 52.0 Å². The minimum Gasteiger partial charge on any atom is -0.384 e. The number of allylic oxidation sites excluding steroid dienone is 4. The number of pyridine rings is 1. The number of hydrogen-bond donors (Lipinski definition) is 1. The Hall–Kier alpha value is -3.13. The van der Waals surface area contributed by atoms with Crippen LogP contribution in [0.3, 0.4) is 0 Å². The number of aromatic amines is 1. The molecule has 0 aromatic carbocycles. The fourth-order valence-electron chi connectivity index (χ4n) is 5.15. The third-order valence-electron chi connectivity index (χ3n) is 7.36. The van der Waals surface area contributed by atoms with Crippen molar-refractivity contribution in [1.29, 1.82) is 0 Å². The molecule has 36 heavy (non-hydrogen) atoms. The van der Waals surface area contributed by atoms with Gasteiger partial charge in [-0.1, -0.05) is 17.7 Å². The molecule has 0 radical (unpaired) electrons. The van der Waals surface area contributed by atoms with Crippen molar-refractivity contribution >= 4 is 23.2 Å². The number of H-pyrrole nitrogens is 1. The predicted molar refractivity (Wildman–Crippen MR) is 141 cm³/mol. The second-order valence-electron chi connectivity index (χ2n) is 10.3. The second kappa shape index (κ2) is 10.9. The molecule has 1 aromatic rings. The average molecular weight is 495 g/mol. The molecule has 2 fully saturated rings. The Morgan fingerprint density at radius 3 is 2.64 bits per heavy atom. The maximum Gasteiger partial charge on any atom is 0.250 e. The van der Waals surface area contributed by atoms with Gasteiger partial charge in [-0.2, -0.15) is 0 Å². The van der Waals surface area contributed by atoms with Crippen LogP contribution in [0, 0.1) is 5.92 Å². The van der Waals surface area contributed by atoms with E-state index in [0.717, 1.165) is 53.1 Å². The number of carbonyl (C=O) groups excluding carboxylic acids is 2. The Balaban J connectivity index is 1.61. The van der Waals surface area contributed by atoms with Gasteiger partial charge in [-0.05, 0) is 56.4 Å². The minimum atomic E-state index is -0.172. The summed E-state index contributed by atoms with van der Waals surface area (Å²) in [5.74, 6) is 1.13. The number of amides is 2. The van der Waals surface area contributed by atoms with Gasteiger partial charge in [0.1, 0.15) is 5.82 Å². The molecular weight excluding hydrogens is 456 g/mol. The highest BCUT2D eigenvalue weighted by atomic mass is 16.5. The summed E-state index contributed by atoms with van der Waals surface area (Å²) in [6.07, 6.45) is 5.71. The molecule has 1 N–H and O–H groups in total. The summed E-state index contributed by atoms with van der Waals surface area (Å²) in [5.41, 5.74) is 4.72. The quantitative estimate of drug-likeness (QED) is 0.588. The number of anilines is 1. The van der Waals surface area contributed by atoms with Crippen molar-refractivity contribution in [2.24, 2.45) is 5.92 Å². The molecular formula is C28H38N4O4. The maximum atomic E-state index is 12.8. The van der Waals surface area contributed by atoms with Gasteiger partial charge in [-0.25, -0.2) is 0 Å². The van der Waals surface area contributed by atoms with Gasteiger partial charge in [-0.3, -0.25) is 14.4 Å². The molecule has 1 aliphatic heterocycles. The highest BCUT2D eigenvalue weighted by Crippen LogP contribution is 2.36. The largest absolute Gasteiger partial charge is 0.384 e. The number of aromatic nitrogens is 1. The van der Waals surface area contributed by atoms with E-state index in [0.29, 0.717) is 39.1 Å². The first-order valence-electron chi connectivity index (χ1n) is 12.8. The Labute approximate surface area is 213 Å². The lowest BCUT2D eigenvalue weighted by Gasteiger charge is -2.41. The first-order chi connectivity index (χ1) is 17.2. The van der Waals surface area contributed by atoms with Crippen LogP contribution in [0.5, 0.6) is 0 Å². The molecule has 1 atom stereocenters. The summed E-state index contributed by atoms with van der Waals surface area (Å²) in [7, 11) is 3.44. The molecule has 2 amide bonds. The first-order valence-corrected chi connectivity index (χ1v) is 12.8. The standard InChI is InChI=1S/C28H38N4O4/c1-18-12-19(2)24(16-23(13-18)30(4)28(35)21-6-7-21)22-14-25(29-26(33)15-22)32-10-9-31(17-20(32)3)27(34)8-11-36-5/h14-16,20-21H,1,6-13,17H2,2-5H3,(H,29,33)/t20-/m0/s1. The summed E-state index contributed by atoms with van der Waals surface area (Å²) >= 11 is 0. The zero-order chi connectivity index (χ0) is 26.0. The Morgan fingerprint density at radius 1 is 1.22 bits per heavy atom. The van der Waals surface area contributed by atoms with Crippen LogP contribution < -0.4 is 10.5 Å². The summed E-state index contributed by atoms with van der Waals surface area (Å²) in [5, 5.41) is 0. The zero-order valence-electron chi connectivity index (χ0n) is 21.9. The van der Waals surface area contributed by atoms with E-state index in [-0.39, 0.29) is 29.3 Å². The molecule has 1 saturated carbocycles. The summed E-state index contributed by atoms with van der Waals surface area (Å²) in [4.78, 5) is 46.8. The third kappa shape index (κ3) is 5.81. The van der Waals surface area contributed by atoms with Crippen molar-refractivity contribution in [3.05, 3.63) is 57.5 Å². The maximum absolute atomic E-state index is 12.8. The van der Waals surface area contributed by atoms with E-state index in [1.165, 1.54) is 0 Å². The fourth-order valence-corrected chi connectivity index (χ4v) is 5.15. The molecule has 8 heteroatoms. The molecule has 1 saturated heterocycles. The average Bonchev–Trinajstić information content (AvgIpc) is 3.69. The highest BCUT2D eigenvalue weighted by molar-refractivity contribution is 5.85. The Kier molecular flexibility index (Phi) is 7.83. The number of hydrogen-bond acceptors (Lipinski definition) is 5. The Morgan fingerprint density at radius 2 is 1.97 bits per heavy atom. The molecule has 3 aliphatic rings. The summed E-state index contributed by atoms with van der Waals surface area (Å²) in [6.45, 7) is 10.6. The van der Waals surface area contributed by atoms with Gasteiger partial charge in [0.15, 0.2) is 0 Å². The number of methoxy groups -OCH3 is 1. The fraction of sp³-hybridized carbons (Fsp3) is 0.536. The monoisotopic (exact) mass is 494 g/mol. The normalized spacial score (nSPS) is 20.8. The van der Waals surface area contributed by atoms with E-state index in [1.54, 1.807) is 18.1 Å². The van der Waals surface area contributed by atoms with Crippen molar-refractivity contribution in [3.63, 3.8) is 0 Å². The molecule has 1 aromatic heterocycles. The minimum absolute atomic E-state index is 0.0496. The number of nitrogens with zero attached hydrogens (tertiary/aromatic N) is 3. The van der Waals surface area contributed by atoms with Crippen LogP contribution in [-0.4, -0.2) is 73.0 Å². The van der Waals surface area contributed by atoms with E-state index in [4.69, 9.17) is 4.74 Å². The SMILES string of the molecule is C=C1CC(N(C)C(=O)C2CC2)=CC(c2cc(N3CCN(C(=O)CCOC)C[C@@H]3C)[nH]c(=O)c2)=C(C)C1. The van der Waals surface area contributed by atoms with Gasteiger partial charge < -0.3 is 24.4 Å². The Bertz CT molecular complexity index is 1160. The van der Waals surface area contributed by atoms with Crippen LogP contribution in [0.4, 0.5) is 5.82 Å². The number of ether oxygens (including phenoxy) is 1. The first kappa shape index (κ1) is 25.9. The van der Waals surface area contributed by atoms with Crippen LogP contribution in [0.25, 0.3) is 5.57 Å². The van der Waals surface area contributed by atoms with Crippen molar-refractivity contribution in [2.75, 3.05) is 45.3 Å². The van der Waals surface area contributed by atoms with Gasteiger partial charge in [0.05, 0.1) is 13.0 Å². The van der Waals surface area contributed by atoms with E-state index in [1.807, 2.05) is 18.0 Å². The lowest BCUT2D eigenvalue weighted by atomic mass is 9.98. The van der Waals surface area contributed by atoms with E-state index < -0.39 is 0 Å². The van der Waals surface area contributed by atoms with Gasteiger partial charge >= 0.3 is 0 Å². The van der Waals surface area contributed by atoms with Crippen molar-refractivity contribution in [3.8, 4) is 0 Å². The number of rotatable bonds is 7. The van der Waals surface area contributed by atoms with Gasteiger partial charge in [0.25, 0.3) is 0 Å². The summed E-state index contributed by atoms with van der Waals surface area (Å²) in [6, 6.07) is 3.69. The van der Waals surface area contributed by atoms with E-state index in [9.17, 15) is 14.4 Å². The third-order valence-corrected chi connectivity index (χ3v) is 7.36. The molecule has 2 heterocycles. The molecule has 0 bridgehead atoms. The zero-order valence-corrected chi connectivity index (χ0v) is 21.9. The topological polar surface area (TPSA) is 85.9 Å². The molecule has 4 rings (SSSR count). The van der Waals surface area contributed by atoms with Gasteiger partial charge in [0, 0.05) is 63.9 Å². The van der Waals surface area contributed by atoms with Gasteiger partial charge in [-0.15, -0.1) is 0 Å². The molecule has 0 unspecified atom stereocenters. The van der Waals surface area contributed by atoms with Crippen LogP contribution >= 0.6 is 0 Å². The lowest BCUT2D eigenvalue weighted by Crippen LogP contribution is -2.54.